The fraction of sp³-hybridized carbons (Fsp3) is 0.375. The van der Waals surface area contributed by atoms with Crippen molar-refractivity contribution in [1.82, 2.24) is 4.98 Å². The van der Waals surface area contributed by atoms with Gasteiger partial charge < -0.3 is 0 Å². The number of pyridine rings is 1. The Hall–Kier alpha value is 0.220. The minimum absolute atomic E-state index is 0.0230. The van der Waals surface area contributed by atoms with Gasteiger partial charge in [0.05, 0.1) is 5.69 Å². The quantitative estimate of drug-likeness (QED) is 0.443. The predicted molar refractivity (Wildman–Crippen MR) is 59.3 cm³/mol. The van der Waals surface area contributed by atoms with Crippen LogP contribution in [-0.4, -0.2) is 4.98 Å². The average Bonchev–Trinajstić information content (AvgIpc) is 2.08. The molecule has 1 aromatic rings. The highest BCUT2D eigenvalue weighted by molar-refractivity contribution is 14.1. The van der Waals surface area contributed by atoms with Crippen molar-refractivity contribution in [3.05, 3.63) is 26.6 Å². The lowest BCUT2D eigenvalue weighted by molar-refractivity contribution is 0.150. The number of aryl methyl sites for hydroxylation is 1. The molecule has 0 radical (unpaired) electrons. The zero-order valence-electron chi connectivity index (χ0n) is 6.82. The van der Waals surface area contributed by atoms with Crippen molar-refractivity contribution < 1.29 is 8.78 Å². The van der Waals surface area contributed by atoms with Gasteiger partial charge >= 0.3 is 0 Å². The third kappa shape index (κ3) is 2.59. The number of aromatic nitrogens is 1. The molecule has 1 aromatic heterocycles. The topological polar surface area (TPSA) is 12.9 Å². The molecule has 0 saturated heterocycles. The van der Waals surface area contributed by atoms with Crippen LogP contribution in [0.1, 0.15) is 23.2 Å². The van der Waals surface area contributed by atoms with Crippen LogP contribution in [0.5, 0.6) is 0 Å². The zero-order valence-corrected chi connectivity index (χ0v) is 10.6. The summed E-state index contributed by atoms with van der Waals surface area (Å²) in [6.45, 7) is 1.78. The number of hydrogen-bond donors (Lipinski definition) is 0. The van der Waals surface area contributed by atoms with E-state index in [0.717, 1.165) is 9.26 Å². The summed E-state index contributed by atoms with van der Waals surface area (Å²) in [4.78, 5) is 4.07. The molecule has 1 heterocycles. The van der Waals surface area contributed by atoms with Crippen molar-refractivity contribution >= 4 is 38.5 Å². The fourth-order valence-electron chi connectivity index (χ4n) is 0.943. The van der Waals surface area contributed by atoms with Gasteiger partial charge in [0.1, 0.15) is 3.70 Å². The van der Waals surface area contributed by atoms with Gasteiger partial charge in [-0.25, -0.2) is 13.8 Å². The first-order valence-corrected chi connectivity index (χ1v) is 5.76. The van der Waals surface area contributed by atoms with Crippen LogP contribution >= 0.6 is 38.5 Å². The van der Waals surface area contributed by atoms with Crippen molar-refractivity contribution in [3.63, 3.8) is 0 Å². The van der Waals surface area contributed by atoms with Crippen LogP contribution in [-0.2, 0) is 5.33 Å². The average molecular weight is 362 g/mol. The van der Waals surface area contributed by atoms with Gasteiger partial charge in [-0.3, -0.25) is 0 Å². The van der Waals surface area contributed by atoms with Crippen molar-refractivity contribution in [2.45, 2.75) is 18.7 Å². The third-order valence-corrected chi connectivity index (χ3v) is 3.25. The number of alkyl halides is 3. The van der Waals surface area contributed by atoms with Gasteiger partial charge in [-0.2, -0.15) is 0 Å². The first-order valence-electron chi connectivity index (χ1n) is 3.56. The van der Waals surface area contributed by atoms with Gasteiger partial charge in [-0.15, -0.1) is 0 Å². The van der Waals surface area contributed by atoms with E-state index in [1.807, 2.05) is 22.6 Å². The summed E-state index contributed by atoms with van der Waals surface area (Å²) in [5.74, 6) is 0. The van der Waals surface area contributed by atoms with E-state index >= 15 is 0 Å². The third-order valence-electron chi connectivity index (χ3n) is 1.63. The van der Waals surface area contributed by atoms with Crippen molar-refractivity contribution in [2.24, 2.45) is 0 Å². The van der Waals surface area contributed by atoms with Gasteiger partial charge in [0, 0.05) is 10.9 Å². The highest BCUT2D eigenvalue weighted by Crippen LogP contribution is 2.25. The molecule has 0 atom stereocenters. The van der Waals surface area contributed by atoms with Crippen LogP contribution in [0.15, 0.2) is 6.07 Å². The van der Waals surface area contributed by atoms with Gasteiger partial charge in [0.2, 0.25) is 0 Å². The lowest BCUT2D eigenvalue weighted by Gasteiger charge is -2.07. The Morgan fingerprint density at radius 3 is 2.69 bits per heavy atom. The molecule has 0 aliphatic rings. The van der Waals surface area contributed by atoms with Crippen molar-refractivity contribution in [2.75, 3.05) is 0 Å². The Kier molecular flexibility index (Phi) is 4.03. The highest BCUT2D eigenvalue weighted by atomic mass is 127. The molecule has 0 bridgehead atoms. The Balaban J connectivity index is 3.25. The maximum Gasteiger partial charge on any atom is 0.265 e. The Morgan fingerprint density at radius 2 is 2.23 bits per heavy atom. The molecule has 0 unspecified atom stereocenters. The standard InChI is InChI=1S/C8H7BrF2IN/c1-4-2-5(7(10)11)6(3-9)13-8(4)12/h2,7H,3H2,1H3. The lowest BCUT2D eigenvalue weighted by atomic mass is 10.1. The minimum Gasteiger partial charge on any atom is -0.245 e. The van der Waals surface area contributed by atoms with Gasteiger partial charge in [-0.1, -0.05) is 15.9 Å². The van der Waals surface area contributed by atoms with E-state index in [-0.39, 0.29) is 5.56 Å². The summed E-state index contributed by atoms with van der Waals surface area (Å²) < 4.78 is 25.7. The normalized spacial score (nSPS) is 10.9. The molecule has 0 fully saturated rings. The van der Waals surface area contributed by atoms with E-state index in [1.165, 1.54) is 6.07 Å². The second kappa shape index (κ2) is 4.63. The van der Waals surface area contributed by atoms with E-state index in [9.17, 15) is 8.78 Å². The maximum absolute atomic E-state index is 12.5. The highest BCUT2D eigenvalue weighted by Gasteiger charge is 2.15. The predicted octanol–water partition coefficient (Wildman–Crippen LogP) is 3.83. The molecular weight excluding hydrogens is 355 g/mol. The van der Waals surface area contributed by atoms with Crippen LogP contribution in [0.3, 0.4) is 0 Å². The Bertz CT molecular complexity index is 317. The fourth-order valence-corrected chi connectivity index (χ4v) is 1.84. The molecule has 5 heteroatoms. The Labute approximate surface area is 97.2 Å². The van der Waals surface area contributed by atoms with E-state index in [4.69, 9.17) is 0 Å². The molecule has 0 saturated carbocycles. The monoisotopic (exact) mass is 361 g/mol. The number of halogens is 4. The lowest BCUT2D eigenvalue weighted by Crippen LogP contribution is -2.00. The van der Waals surface area contributed by atoms with E-state index in [0.29, 0.717) is 11.0 Å². The summed E-state index contributed by atoms with van der Waals surface area (Å²) >= 11 is 5.17. The number of hydrogen-bond acceptors (Lipinski definition) is 1. The minimum atomic E-state index is -2.45. The SMILES string of the molecule is Cc1cc(C(F)F)c(CBr)nc1I. The molecule has 0 amide bonds. The molecule has 0 aliphatic heterocycles. The Morgan fingerprint density at radius 1 is 1.62 bits per heavy atom. The van der Waals surface area contributed by atoms with Crippen LogP contribution in [0.25, 0.3) is 0 Å². The molecule has 0 aromatic carbocycles. The molecule has 0 N–H and O–H groups in total. The first-order chi connectivity index (χ1) is 6.06. The van der Waals surface area contributed by atoms with E-state index in [2.05, 4.69) is 20.9 Å². The molecule has 1 nitrogen and oxygen atoms in total. The molecule has 0 aliphatic carbocycles. The zero-order chi connectivity index (χ0) is 10.0. The molecule has 1 rings (SSSR count). The maximum atomic E-state index is 12.5. The summed E-state index contributed by atoms with van der Waals surface area (Å²) in [5, 5.41) is 0.364. The van der Waals surface area contributed by atoms with Crippen LogP contribution in [0.4, 0.5) is 8.78 Å². The second-order valence-electron chi connectivity index (χ2n) is 2.57. The second-order valence-corrected chi connectivity index (χ2v) is 4.15. The van der Waals surface area contributed by atoms with Crippen LogP contribution in [0.2, 0.25) is 0 Å². The van der Waals surface area contributed by atoms with Crippen LogP contribution in [0, 0.1) is 10.6 Å². The van der Waals surface area contributed by atoms with E-state index < -0.39 is 6.43 Å². The van der Waals surface area contributed by atoms with Gasteiger partial charge in [0.25, 0.3) is 6.43 Å². The molecule has 13 heavy (non-hydrogen) atoms. The molecular formula is C8H7BrF2IN. The van der Waals surface area contributed by atoms with Crippen molar-refractivity contribution in [1.29, 1.82) is 0 Å². The van der Waals surface area contributed by atoms with Gasteiger partial charge in [0.15, 0.2) is 0 Å². The molecule has 0 spiro atoms. The summed E-state index contributed by atoms with van der Waals surface area (Å²) in [6.07, 6.45) is -2.45. The summed E-state index contributed by atoms with van der Waals surface area (Å²) in [7, 11) is 0. The molecule has 72 valence electrons. The largest absolute Gasteiger partial charge is 0.265 e. The van der Waals surface area contributed by atoms with Crippen molar-refractivity contribution in [3.8, 4) is 0 Å². The summed E-state index contributed by atoms with van der Waals surface area (Å²) in [5.41, 5.74) is 1.24. The van der Waals surface area contributed by atoms with E-state index in [1.54, 1.807) is 6.92 Å². The first kappa shape index (κ1) is 11.3. The summed E-state index contributed by atoms with van der Waals surface area (Å²) in [6, 6.07) is 1.50. The van der Waals surface area contributed by atoms with Crippen LogP contribution < -0.4 is 0 Å². The van der Waals surface area contributed by atoms with Gasteiger partial charge in [-0.05, 0) is 41.1 Å². The number of nitrogens with zero attached hydrogens (tertiary/aromatic N) is 1. The smallest absolute Gasteiger partial charge is 0.245 e. The number of rotatable bonds is 2.